The molecule has 0 bridgehead atoms. The Labute approximate surface area is 126 Å². The molecule has 112 valence electrons. The fraction of sp³-hybridized carbons (Fsp3) is 0.625. The van der Waals surface area contributed by atoms with Crippen LogP contribution in [0.3, 0.4) is 0 Å². The number of aromatic nitrogens is 1. The Morgan fingerprint density at radius 1 is 1.33 bits per heavy atom. The Hall–Kier alpha value is -1.64. The van der Waals surface area contributed by atoms with Crippen LogP contribution in [0.4, 0.5) is 5.82 Å². The van der Waals surface area contributed by atoms with E-state index in [0.717, 1.165) is 51.8 Å². The van der Waals surface area contributed by atoms with Crippen molar-refractivity contribution in [3.05, 3.63) is 23.9 Å². The van der Waals surface area contributed by atoms with Crippen molar-refractivity contribution < 1.29 is 4.74 Å². The molecule has 0 radical (unpaired) electrons. The van der Waals surface area contributed by atoms with E-state index in [1.165, 1.54) is 12.8 Å². The number of anilines is 1. The van der Waals surface area contributed by atoms with Gasteiger partial charge in [-0.3, -0.25) is 4.90 Å². The highest BCUT2D eigenvalue weighted by atomic mass is 16.5. The zero-order valence-electron chi connectivity index (χ0n) is 12.4. The largest absolute Gasteiger partial charge is 0.379 e. The van der Waals surface area contributed by atoms with Gasteiger partial charge in [-0.25, -0.2) is 4.98 Å². The van der Waals surface area contributed by atoms with Crippen LogP contribution in [0.5, 0.6) is 0 Å². The molecule has 0 aromatic carbocycles. The zero-order chi connectivity index (χ0) is 14.5. The molecule has 2 saturated heterocycles. The third-order valence-electron chi connectivity index (χ3n) is 4.34. The molecule has 21 heavy (non-hydrogen) atoms. The summed E-state index contributed by atoms with van der Waals surface area (Å²) in [5.41, 5.74) is 0.690. The molecule has 0 N–H and O–H groups in total. The SMILES string of the molecule is N#Cc1ccnc(N2CCCC(CN3CCOCC3)C2)c1. The van der Waals surface area contributed by atoms with Crippen molar-refractivity contribution in [1.82, 2.24) is 9.88 Å². The van der Waals surface area contributed by atoms with Crippen LogP contribution in [-0.4, -0.2) is 55.8 Å². The van der Waals surface area contributed by atoms with Gasteiger partial charge in [0.15, 0.2) is 0 Å². The molecule has 2 aliphatic heterocycles. The van der Waals surface area contributed by atoms with Gasteiger partial charge in [-0.05, 0) is 30.9 Å². The Kier molecular flexibility index (Phi) is 4.69. The predicted molar refractivity (Wildman–Crippen MR) is 81.1 cm³/mol. The smallest absolute Gasteiger partial charge is 0.129 e. The second-order valence-electron chi connectivity index (χ2n) is 5.88. The molecule has 2 aliphatic rings. The number of hydrogen-bond donors (Lipinski definition) is 0. The highest BCUT2D eigenvalue weighted by Gasteiger charge is 2.23. The minimum absolute atomic E-state index is 0.685. The van der Waals surface area contributed by atoms with Gasteiger partial charge in [0, 0.05) is 38.9 Å². The summed E-state index contributed by atoms with van der Waals surface area (Å²) in [4.78, 5) is 9.27. The van der Waals surface area contributed by atoms with Crippen molar-refractivity contribution in [3.8, 4) is 6.07 Å². The minimum atomic E-state index is 0.685. The van der Waals surface area contributed by atoms with Gasteiger partial charge in [0.2, 0.25) is 0 Å². The van der Waals surface area contributed by atoms with Gasteiger partial charge in [-0.1, -0.05) is 0 Å². The molecular weight excluding hydrogens is 264 g/mol. The molecule has 1 unspecified atom stereocenters. The maximum absolute atomic E-state index is 9.01. The number of rotatable bonds is 3. The molecule has 5 nitrogen and oxygen atoms in total. The number of nitrogens with zero attached hydrogens (tertiary/aromatic N) is 4. The summed E-state index contributed by atoms with van der Waals surface area (Å²) in [6, 6.07) is 5.86. The summed E-state index contributed by atoms with van der Waals surface area (Å²) in [7, 11) is 0. The number of morpholine rings is 1. The number of nitriles is 1. The van der Waals surface area contributed by atoms with E-state index >= 15 is 0 Å². The maximum atomic E-state index is 9.01. The molecule has 0 spiro atoms. The van der Waals surface area contributed by atoms with E-state index in [1.54, 1.807) is 12.3 Å². The van der Waals surface area contributed by atoms with Crippen molar-refractivity contribution >= 4 is 5.82 Å². The second kappa shape index (κ2) is 6.88. The monoisotopic (exact) mass is 286 g/mol. The fourth-order valence-electron chi connectivity index (χ4n) is 3.23. The summed E-state index contributed by atoms with van der Waals surface area (Å²) in [5.74, 6) is 1.63. The summed E-state index contributed by atoms with van der Waals surface area (Å²) in [5, 5.41) is 9.01. The first kappa shape index (κ1) is 14.3. The third-order valence-corrected chi connectivity index (χ3v) is 4.34. The molecule has 3 rings (SSSR count). The van der Waals surface area contributed by atoms with E-state index in [1.807, 2.05) is 6.07 Å². The van der Waals surface area contributed by atoms with Gasteiger partial charge in [0.25, 0.3) is 0 Å². The lowest BCUT2D eigenvalue weighted by atomic mass is 9.97. The third kappa shape index (κ3) is 3.72. The van der Waals surface area contributed by atoms with Crippen molar-refractivity contribution in [2.45, 2.75) is 12.8 Å². The van der Waals surface area contributed by atoms with E-state index in [-0.39, 0.29) is 0 Å². The van der Waals surface area contributed by atoms with Gasteiger partial charge in [0.1, 0.15) is 5.82 Å². The lowest BCUT2D eigenvalue weighted by Crippen LogP contribution is -2.44. The Bertz CT molecular complexity index is 507. The number of piperidine rings is 1. The Balaban J connectivity index is 1.61. The van der Waals surface area contributed by atoms with Crippen molar-refractivity contribution in [2.24, 2.45) is 5.92 Å². The van der Waals surface area contributed by atoms with Crippen LogP contribution in [0.15, 0.2) is 18.3 Å². The molecular formula is C16H22N4O. The molecule has 5 heteroatoms. The summed E-state index contributed by atoms with van der Waals surface area (Å²) in [6.45, 7) is 7.07. The van der Waals surface area contributed by atoms with Gasteiger partial charge < -0.3 is 9.64 Å². The van der Waals surface area contributed by atoms with Crippen molar-refractivity contribution in [1.29, 1.82) is 5.26 Å². The topological polar surface area (TPSA) is 52.4 Å². The van der Waals surface area contributed by atoms with E-state index in [4.69, 9.17) is 10.00 Å². The minimum Gasteiger partial charge on any atom is -0.379 e. The highest BCUT2D eigenvalue weighted by molar-refractivity contribution is 5.45. The first-order chi connectivity index (χ1) is 10.3. The number of hydrogen-bond acceptors (Lipinski definition) is 5. The molecule has 0 saturated carbocycles. The van der Waals surface area contributed by atoms with Crippen LogP contribution in [0.25, 0.3) is 0 Å². The van der Waals surface area contributed by atoms with Crippen LogP contribution < -0.4 is 4.90 Å². The molecule has 1 aromatic rings. The first-order valence-corrected chi connectivity index (χ1v) is 7.76. The quantitative estimate of drug-likeness (QED) is 0.843. The normalized spacial score (nSPS) is 23.8. The predicted octanol–water partition coefficient (Wildman–Crippen LogP) is 1.50. The Morgan fingerprint density at radius 2 is 2.19 bits per heavy atom. The molecule has 0 aliphatic carbocycles. The molecule has 1 aromatic heterocycles. The van der Waals surface area contributed by atoms with Crippen LogP contribution >= 0.6 is 0 Å². The fourth-order valence-corrected chi connectivity index (χ4v) is 3.23. The van der Waals surface area contributed by atoms with Crippen molar-refractivity contribution in [3.63, 3.8) is 0 Å². The second-order valence-corrected chi connectivity index (χ2v) is 5.88. The van der Waals surface area contributed by atoms with Gasteiger partial charge in [-0.15, -0.1) is 0 Å². The number of ether oxygens (including phenoxy) is 1. The van der Waals surface area contributed by atoms with E-state index in [2.05, 4.69) is 20.9 Å². The van der Waals surface area contributed by atoms with Gasteiger partial charge in [-0.2, -0.15) is 5.26 Å². The van der Waals surface area contributed by atoms with Gasteiger partial charge in [0.05, 0.1) is 24.8 Å². The molecule has 0 amide bonds. The lowest BCUT2D eigenvalue weighted by Gasteiger charge is -2.37. The first-order valence-electron chi connectivity index (χ1n) is 7.76. The summed E-state index contributed by atoms with van der Waals surface area (Å²) < 4.78 is 5.41. The van der Waals surface area contributed by atoms with E-state index in [9.17, 15) is 0 Å². The summed E-state index contributed by atoms with van der Waals surface area (Å²) in [6.07, 6.45) is 4.22. The molecule has 2 fully saturated rings. The lowest BCUT2D eigenvalue weighted by molar-refractivity contribution is 0.0296. The maximum Gasteiger partial charge on any atom is 0.129 e. The zero-order valence-corrected chi connectivity index (χ0v) is 12.4. The average Bonchev–Trinajstić information content (AvgIpc) is 2.56. The molecule has 3 heterocycles. The van der Waals surface area contributed by atoms with E-state index in [0.29, 0.717) is 11.5 Å². The van der Waals surface area contributed by atoms with Crippen LogP contribution in [0.1, 0.15) is 18.4 Å². The highest BCUT2D eigenvalue weighted by Crippen LogP contribution is 2.23. The average molecular weight is 286 g/mol. The standard InChI is InChI=1S/C16H22N4O/c17-11-14-3-4-18-16(10-14)20-5-1-2-15(13-20)12-19-6-8-21-9-7-19/h3-4,10,15H,1-2,5-9,12-13H2. The van der Waals surface area contributed by atoms with Gasteiger partial charge >= 0.3 is 0 Å². The number of pyridine rings is 1. The Morgan fingerprint density at radius 3 is 3.00 bits per heavy atom. The van der Waals surface area contributed by atoms with E-state index < -0.39 is 0 Å². The van der Waals surface area contributed by atoms with Crippen LogP contribution in [0, 0.1) is 17.2 Å². The van der Waals surface area contributed by atoms with Crippen LogP contribution in [0.2, 0.25) is 0 Å². The molecule has 1 atom stereocenters. The van der Waals surface area contributed by atoms with Crippen molar-refractivity contribution in [2.75, 3.05) is 50.8 Å². The van der Waals surface area contributed by atoms with Crippen LogP contribution in [-0.2, 0) is 4.74 Å². The summed E-state index contributed by atoms with van der Waals surface area (Å²) >= 11 is 0.